The Kier molecular flexibility index (Phi) is 5.96. The minimum absolute atomic E-state index is 0.0175. The van der Waals surface area contributed by atoms with Gasteiger partial charge in [0, 0.05) is 19.6 Å². The average molecular weight is 367 g/mol. The molecule has 2 N–H and O–H groups in total. The number of carbonyl (C=O) groups excluding carboxylic acids is 2. The lowest BCUT2D eigenvalue weighted by molar-refractivity contribution is 0.0793. The maximum atomic E-state index is 12.9. The highest BCUT2D eigenvalue weighted by Crippen LogP contribution is 2.23. The first-order chi connectivity index (χ1) is 13.1. The Morgan fingerprint density at radius 3 is 2.44 bits per heavy atom. The maximum absolute atomic E-state index is 12.9. The molecule has 0 spiro atoms. The Bertz CT molecular complexity index is 812. The molecule has 1 fully saturated rings. The molecule has 142 valence electrons. The van der Waals surface area contributed by atoms with Crippen LogP contribution in [-0.4, -0.2) is 37.0 Å². The number of nitrogens with zero attached hydrogens (tertiary/aromatic N) is 1. The number of hydrogen-bond acceptors (Lipinski definition) is 3. The summed E-state index contributed by atoms with van der Waals surface area (Å²) in [7, 11) is 1.61. The third-order valence-electron chi connectivity index (χ3n) is 4.74. The number of likely N-dealkylation sites (tertiary alicyclic amines) is 1. The number of aryl methyl sites for hydroxylation is 1. The van der Waals surface area contributed by atoms with Crippen LogP contribution in [0.2, 0.25) is 0 Å². The molecule has 0 aromatic heterocycles. The van der Waals surface area contributed by atoms with E-state index < -0.39 is 0 Å². The van der Waals surface area contributed by atoms with E-state index in [1.165, 1.54) is 0 Å². The van der Waals surface area contributed by atoms with Crippen molar-refractivity contribution in [2.45, 2.75) is 26.3 Å². The summed E-state index contributed by atoms with van der Waals surface area (Å²) in [6.07, 6.45) is 2.06. The zero-order chi connectivity index (χ0) is 19.2. The molecule has 1 heterocycles. The molecule has 0 aliphatic carbocycles. The van der Waals surface area contributed by atoms with Crippen molar-refractivity contribution in [3.63, 3.8) is 0 Å². The van der Waals surface area contributed by atoms with Crippen molar-refractivity contribution >= 4 is 17.6 Å². The van der Waals surface area contributed by atoms with Gasteiger partial charge in [0.15, 0.2) is 0 Å². The van der Waals surface area contributed by atoms with Crippen LogP contribution in [0.1, 0.15) is 34.3 Å². The lowest BCUT2D eigenvalue weighted by atomic mass is 10.1. The number of ether oxygens (including phenoxy) is 1. The van der Waals surface area contributed by atoms with Gasteiger partial charge in [-0.3, -0.25) is 4.79 Å². The lowest BCUT2D eigenvalue weighted by Gasteiger charge is -2.20. The van der Waals surface area contributed by atoms with Crippen LogP contribution in [0.15, 0.2) is 42.5 Å². The minimum atomic E-state index is -0.341. The first kappa shape index (κ1) is 18.8. The Morgan fingerprint density at radius 2 is 1.78 bits per heavy atom. The first-order valence-electron chi connectivity index (χ1n) is 9.15. The van der Waals surface area contributed by atoms with E-state index in [1.807, 2.05) is 48.2 Å². The van der Waals surface area contributed by atoms with Crippen LogP contribution in [0.3, 0.4) is 0 Å². The van der Waals surface area contributed by atoms with Crippen molar-refractivity contribution in [1.82, 2.24) is 10.2 Å². The average Bonchev–Trinajstić information content (AvgIpc) is 3.21. The Hall–Kier alpha value is -3.02. The third kappa shape index (κ3) is 4.58. The molecule has 1 aliphatic rings. The van der Waals surface area contributed by atoms with E-state index in [2.05, 4.69) is 10.6 Å². The van der Waals surface area contributed by atoms with Gasteiger partial charge < -0.3 is 20.3 Å². The van der Waals surface area contributed by atoms with Gasteiger partial charge in [0.25, 0.3) is 5.91 Å². The minimum Gasteiger partial charge on any atom is -0.497 e. The second kappa shape index (κ2) is 8.58. The molecule has 0 bridgehead atoms. The standard InChI is InChI=1S/C21H25N3O3/c1-15-6-5-7-18(19(15)20(25)24-12-3-4-13-24)23-21(26)22-14-16-8-10-17(27-2)11-9-16/h5-11H,3-4,12-14H2,1-2H3,(H2,22,23,26). The van der Waals surface area contributed by atoms with Gasteiger partial charge in [-0.1, -0.05) is 24.3 Å². The largest absolute Gasteiger partial charge is 0.497 e. The van der Waals surface area contributed by atoms with Crippen LogP contribution in [0.25, 0.3) is 0 Å². The highest BCUT2D eigenvalue weighted by atomic mass is 16.5. The quantitative estimate of drug-likeness (QED) is 0.849. The number of rotatable bonds is 5. The van der Waals surface area contributed by atoms with Crippen LogP contribution in [0.4, 0.5) is 10.5 Å². The van der Waals surface area contributed by atoms with E-state index >= 15 is 0 Å². The maximum Gasteiger partial charge on any atom is 0.319 e. The van der Waals surface area contributed by atoms with Crippen LogP contribution < -0.4 is 15.4 Å². The predicted molar refractivity (Wildman–Crippen MR) is 105 cm³/mol. The van der Waals surface area contributed by atoms with E-state index in [0.29, 0.717) is 17.8 Å². The van der Waals surface area contributed by atoms with Gasteiger partial charge in [0.05, 0.1) is 18.4 Å². The van der Waals surface area contributed by atoms with Crippen LogP contribution in [0, 0.1) is 6.92 Å². The number of hydrogen-bond donors (Lipinski definition) is 2. The van der Waals surface area contributed by atoms with Crippen LogP contribution in [0.5, 0.6) is 5.75 Å². The monoisotopic (exact) mass is 367 g/mol. The number of nitrogens with one attached hydrogen (secondary N) is 2. The van der Waals surface area contributed by atoms with Crippen LogP contribution >= 0.6 is 0 Å². The summed E-state index contributed by atoms with van der Waals surface area (Å²) < 4.78 is 5.13. The molecule has 27 heavy (non-hydrogen) atoms. The van der Waals surface area contributed by atoms with Gasteiger partial charge in [-0.2, -0.15) is 0 Å². The summed E-state index contributed by atoms with van der Waals surface area (Å²) in [4.78, 5) is 27.0. The normalized spacial score (nSPS) is 13.3. The van der Waals surface area contributed by atoms with E-state index in [9.17, 15) is 9.59 Å². The molecule has 0 radical (unpaired) electrons. The molecule has 3 rings (SSSR count). The molecular formula is C21H25N3O3. The molecule has 6 heteroatoms. The Labute approximate surface area is 159 Å². The van der Waals surface area contributed by atoms with Crippen molar-refractivity contribution < 1.29 is 14.3 Å². The Balaban J connectivity index is 1.66. The smallest absolute Gasteiger partial charge is 0.319 e. The third-order valence-corrected chi connectivity index (χ3v) is 4.74. The van der Waals surface area contributed by atoms with Gasteiger partial charge >= 0.3 is 6.03 Å². The fourth-order valence-electron chi connectivity index (χ4n) is 3.23. The summed E-state index contributed by atoms with van der Waals surface area (Å²) in [5.74, 6) is 0.754. The van der Waals surface area contributed by atoms with Crippen LogP contribution in [-0.2, 0) is 6.54 Å². The summed E-state index contributed by atoms with van der Waals surface area (Å²) in [5.41, 5.74) is 2.93. The lowest BCUT2D eigenvalue weighted by Crippen LogP contribution is -2.32. The van der Waals surface area contributed by atoms with Gasteiger partial charge in [0.1, 0.15) is 5.75 Å². The zero-order valence-corrected chi connectivity index (χ0v) is 15.7. The fraction of sp³-hybridized carbons (Fsp3) is 0.333. The molecule has 0 unspecified atom stereocenters. The fourth-order valence-corrected chi connectivity index (χ4v) is 3.23. The second-order valence-corrected chi connectivity index (χ2v) is 6.65. The second-order valence-electron chi connectivity index (χ2n) is 6.65. The Morgan fingerprint density at radius 1 is 1.07 bits per heavy atom. The molecule has 1 saturated heterocycles. The van der Waals surface area contributed by atoms with Crippen molar-refractivity contribution in [1.29, 1.82) is 0 Å². The zero-order valence-electron chi connectivity index (χ0n) is 15.7. The number of benzene rings is 2. The molecule has 6 nitrogen and oxygen atoms in total. The topological polar surface area (TPSA) is 70.7 Å². The number of anilines is 1. The van der Waals surface area contributed by atoms with Crippen molar-refractivity contribution in [2.24, 2.45) is 0 Å². The van der Waals surface area contributed by atoms with Crippen molar-refractivity contribution in [3.05, 3.63) is 59.2 Å². The number of carbonyl (C=O) groups is 2. The highest BCUT2D eigenvalue weighted by molar-refractivity contribution is 6.04. The molecule has 2 aromatic rings. The van der Waals surface area contributed by atoms with Gasteiger partial charge in [-0.15, -0.1) is 0 Å². The van der Waals surface area contributed by atoms with E-state index in [-0.39, 0.29) is 11.9 Å². The van der Waals surface area contributed by atoms with Gasteiger partial charge in [0.2, 0.25) is 0 Å². The van der Waals surface area contributed by atoms with Gasteiger partial charge in [-0.25, -0.2) is 4.79 Å². The first-order valence-corrected chi connectivity index (χ1v) is 9.15. The predicted octanol–water partition coefficient (Wildman–Crippen LogP) is 3.56. The molecule has 2 aromatic carbocycles. The summed E-state index contributed by atoms with van der Waals surface area (Å²) in [6, 6.07) is 12.7. The van der Waals surface area contributed by atoms with E-state index in [1.54, 1.807) is 13.2 Å². The summed E-state index contributed by atoms with van der Waals surface area (Å²) in [5, 5.41) is 5.65. The summed E-state index contributed by atoms with van der Waals surface area (Å²) >= 11 is 0. The molecule has 0 saturated carbocycles. The molecule has 3 amide bonds. The highest BCUT2D eigenvalue weighted by Gasteiger charge is 2.24. The SMILES string of the molecule is COc1ccc(CNC(=O)Nc2cccc(C)c2C(=O)N2CCCC2)cc1. The number of methoxy groups -OCH3 is 1. The molecular weight excluding hydrogens is 342 g/mol. The van der Waals surface area contributed by atoms with E-state index in [0.717, 1.165) is 42.8 Å². The van der Waals surface area contributed by atoms with E-state index in [4.69, 9.17) is 4.74 Å². The number of urea groups is 1. The molecule has 0 atom stereocenters. The molecule has 1 aliphatic heterocycles. The van der Waals surface area contributed by atoms with Crippen molar-refractivity contribution in [2.75, 3.05) is 25.5 Å². The number of amides is 3. The summed E-state index contributed by atoms with van der Waals surface area (Å²) in [6.45, 7) is 3.83. The van der Waals surface area contributed by atoms with Crippen molar-refractivity contribution in [3.8, 4) is 5.75 Å². The van der Waals surface area contributed by atoms with Gasteiger partial charge in [-0.05, 0) is 49.1 Å².